The van der Waals surface area contributed by atoms with Gasteiger partial charge >= 0.3 is 0 Å². The number of nitrogens with two attached hydrogens (primary N) is 1. The van der Waals surface area contributed by atoms with Crippen molar-refractivity contribution in [1.29, 1.82) is 0 Å². The number of halogens is 1. The predicted octanol–water partition coefficient (Wildman–Crippen LogP) is 0.508. The van der Waals surface area contributed by atoms with Crippen molar-refractivity contribution in [2.75, 3.05) is 6.54 Å². The van der Waals surface area contributed by atoms with E-state index >= 15 is 0 Å². The van der Waals surface area contributed by atoms with Gasteiger partial charge in [-0.05, 0) is 5.92 Å². The number of Topliss-reactive ketones (excluding diaryl/α,β-unsaturated/α-hetero) is 1. The van der Waals surface area contributed by atoms with Gasteiger partial charge in [-0.2, -0.15) is 0 Å². The zero-order valence-electron chi connectivity index (χ0n) is 5.73. The molecule has 0 bridgehead atoms. The fourth-order valence-electron chi connectivity index (χ4n) is 0.484. The summed E-state index contributed by atoms with van der Waals surface area (Å²) < 4.78 is 12.5. The zero-order chi connectivity index (χ0) is 7.44. The van der Waals surface area contributed by atoms with Gasteiger partial charge in [-0.1, -0.05) is 13.8 Å². The highest BCUT2D eigenvalue weighted by Gasteiger charge is 2.18. The number of hydrogen-bond acceptors (Lipinski definition) is 2. The fraction of sp³-hybridized carbons (Fsp3) is 0.833. The molecule has 0 heterocycles. The van der Waals surface area contributed by atoms with E-state index in [-0.39, 0.29) is 12.5 Å². The third-order valence-corrected chi connectivity index (χ3v) is 1.09. The monoisotopic (exact) mass is 133 g/mol. The first-order chi connectivity index (χ1) is 4.09. The van der Waals surface area contributed by atoms with Gasteiger partial charge in [0, 0.05) is 0 Å². The topological polar surface area (TPSA) is 43.1 Å². The lowest BCUT2D eigenvalue weighted by molar-refractivity contribution is -0.123. The Morgan fingerprint density at radius 1 is 1.67 bits per heavy atom. The van der Waals surface area contributed by atoms with E-state index in [9.17, 15) is 9.18 Å². The van der Waals surface area contributed by atoms with Gasteiger partial charge in [0.2, 0.25) is 0 Å². The number of ketones is 1. The van der Waals surface area contributed by atoms with Crippen molar-refractivity contribution in [2.24, 2.45) is 11.7 Å². The van der Waals surface area contributed by atoms with Crippen LogP contribution in [0, 0.1) is 5.92 Å². The van der Waals surface area contributed by atoms with Crippen LogP contribution in [0.15, 0.2) is 0 Å². The van der Waals surface area contributed by atoms with E-state index in [0.29, 0.717) is 0 Å². The first kappa shape index (κ1) is 8.56. The molecule has 0 aliphatic heterocycles. The van der Waals surface area contributed by atoms with Crippen molar-refractivity contribution in [3.63, 3.8) is 0 Å². The minimum absolute atomic E-state index is 0.195. The van der Waals surface area contributed by atoms with Crippen molar-refractivity contribution in [3.05, 3.63) is 0 Å². The van der Waals surface area contributed by atoms with Crippen LogP contribution in [0.4, 0.5) is 4.39 Å². The van der Waals surface area contributed by atoms with Crippen LogP contribution < -0.4 is 5.73 Å². The summed E-state index contributed by atoms with van der Waals surface area (Å²) in [7, 11) is 0. The highest BCUT2D eigenvalue weighted by atomic mass is 19.1. The van der Waals surface area contributed by atoms with Gasteiger partial charge in [0.15, 0.2) is 12.0 Å². The van der Waals surface area contributed by atoms with Gasteiger partial charge in [-0.25, -0.2) is 4.39 Å². The molecule has 0 saturated heterocycles. The molecule has 0 saturated carbocycles. The van der Waals surface area contributed by atoms with Crippen LogP contribution in [0.5, 0.6) is 0 Å². The van der Waals surface area contributed by atoms with Gasteiger partial charge < -0.3 is 5.73 Å². The lowest BCUT2D eigenvalue weighted by Crippen LogP contribution is -2.28. The van der Waals surface area contributed by atoms with E-state index in [1.165, 1.54) is 0 Å². The molecule has 2 N–H and O–H groups in total. The normalized spacial score (nSPS) is 13.9. The summed E-state index contributed by atoms with van der Waals surface area (Å²) in [6.45, 7) is 3.11. The quantitative estimate of drug-likeness (QED) is 0.609. The largest absolute Gasteiger partial charge is 0.324 e. The van der Waals surface area contributed by atoms with Gasteiger partial charge in [-0.3, -0.25) is 4.79 Å². The maximum atomic E-state index is 12.5. The van der Waals surface area contributed by atoms with Gasteiger partial charge in [0.1, 0.15) is 0 Å². The van der Waals surface area contributed by atoms with E-state index in [2.05, 4.69) is 0 Å². The summed E-state index contributed by atoms with van der Waals surface area (Å²) in [6, 6.07) is 0. The van der Waals surface area contributed by atoms with Crippen LogP contribution in [0.2, 0.25) is 0 Å². The van der Waals surface area contributed by atoms with Crippen LogP contribution in [-0.2, 0) is 4.79 Å². The lowest BCUT2D eigenvalue weighted by atomic mass is 10.1. The average molecular weight is 133 g/mol. The second-order valence-electron chi connectivity index (χ2n) is 2.32. The molecule has 54 valence electrons. The highest BCUT2D eigenvalue weighted by Crippen LogP contribution is 2.05. The molecular formula is C6H12FNO. The summed E-state index contributed by atoms with van der Waals surface area (Å²) >= 11 is 0. The van der Waals surface area contributed by atoms with Crippen molar-refractivity contribution in [1.82, 2.24) is 0 Å². The first-order valence-electron chi connectivity index (χ1n) is 2.96. The van der Waals surface area contributed by atoms with Gasteiger partial charge in [0.05, 0.1) is 6.54 Å². The Hall–Kier alpha value is -0.440. The van der Waals surface area contributed by atoms with Crippen LogP contribution in [-0.4, -0.2) is 18.5 Å². The Bertz CT molecular complexity index is 103. The number of carbonyl (C=O) groups is 1. The lowest BCUT2D eigenvalue weighted by Gasteiger charge is -2.07. The summed E-state index contributed by atoms with van der Waals surface area (Å²) in [5.74, 6) is -0.758. The van der Waals surface area contributed by atoms with E-state index in [4.69, 9.17) is 5.73 Å². The molecule has 2 nitrogen and oxygen atoms in total. The Kier molecular flexibility index (Phi) is 3.39. The molecule has 0 rings (SSSR count). The molecule has 0 aromatic heterocycles. The van der Waals surface area contributed by atoms with Crippen molar-refractivity contribution < 1.29 is 9.18 Å². The highest BCUT2D eigenvalue weighted by molar-refractivity contribution is 5.84. The molecule has 0 aliphatic carbocycles. The van der Waals surface area contributed by atoms with E-state index in [1.54, 1.807) is 13.8 Å². The molecule has 0 spiro atoms. The van der Waals surface area contributed by atoms with Crippen molar-refractivity contribution in [3.8, 4) is 0 Å². The fourth-order valence-corrected chi connectivity index (χ4v) is 0.484. The molecular weight excluding hydrogens is 121 g/mol. The summed E-state index contributed by atoms with van der Waals surface area (Å²) in [6.07, 6.45) is -1.38. The standard InChI is InChI=1S/C6H12FNO/c1-4(2)6(7)5(9)3-8/h4,6H,3,8H2,1-2H3. The molecule has 0 aromatic carbocycles. The number of carbonyl (C=O) groups excluding carboxylic acids is 1. The third-order valence-electron chi connectivity index (χ3n) is 1.09. The number of alkyl halides is 1. The average Bonchev–Trinajstić information content (AvgIpc) is 1.84. The number of rotatable bonds is 3. The predicted molar refractivity (Wildman–Crippen MR) is 33.8 cm³/mol. The Morgan fingerprint density at radius 3 is 2.22 bits per heavy atom. The summed E-state index contributed by atoms with van der Waals surface area (Å²) in [5.41, 5.74) is 4.92. The zero-order valence-corrected chi connectivity index (χ0v) is 5.73. The maximum absolute atomic E-state index is 12.5. The molecule has 3 heteroatoms. The molecule has 1 atom stereocenters. The molecule has 0 fully saturated rings. The van der Waals surface area contributed by atoms with E-state index < -0.39 is 12.0 Å². The summed E-state index contributed by atoms with van der Waals surface area (Å²) in [4.78, 5) is 10.5. The van der Waals surface area contributed by atoms with E-state index in [0.717, 1.165) is 0 Å². The molecule has 0 radical (unpaired) electrons. The minimum atomic E-state index is -1.38. The maximum Gasteiger partial charge on any atom is 0.180 e. The van der Waals surface area contributed by atoms with Crippen LogP contribution >= 0.6 is 0 Å². The molecule has 9 heavy (non-hydrogen) atoms. The minimum Gasteiger partial charge on any atom is -0.324 e. The first-order valence-corrected chi connectivity index (χ1v) is 2.96. The third kappa shape index (κ3) is 2.56. The number of hydrogen-bond donors (Lipinski definition) is 1. The Balaban J connectivity index is 3.72. The van der Waals surface area contributed by atoms with Crippen LogP contribution in [0.25, 0.3) is 0 Å². The molecule has 1 unspecified atom stereocenters. The molecule has 0 aromatic rings. The van der Waals surface area contributed by atoms with Crippen LogP contribution in [0.3, 0.4) is 0 Å². The smallest absolute Gasteiger partial charge is 0.180 e. The van der Waals surface area contributed by atoms with Gasteiger partial charge in [0.25, 0.3) is 0 Å². The molecule has 0 aliphatic rings. The second-order valence-corrected chi connectivity index (χ2v) is 2.32. The van der Waals surface area contributed by atoms with Crippen LogP contribution in [0.1, 0.15) is 13.8 Å². The van der Waals surface area contributed by atoms with Crippen molar-refractivity contribution >= 4 is 5.78 Å². The second kappa shape index (κ2) is 3.56. The van der Waals surface area contributed by atoms with E-state index in [1.807, 2.05) is 0 Å². The Labute approximate surface area is 54.2 Å². The summed E-state index contributed by atoms with van der Waals surface area (Å²) in [5, 5.41) is 0. The van der Waals surface area contributed by atoms with Crippen molar-refractivity contribution in [2.45, 2.75) is 20.0 Å². The SMILES string of the molecule is CC(C)C(F)C(=O)CN. The Morgan fingerprint density at radius 2 is 2.11 bits per heavy atom. The van der Waals surface area contributed by atoms with Gasteiger partial charge in [-0.15, -0.1) is 0 Å². The molecule has 0 amide bonds.